The van der Waals surface area contributed by atoms with Gasteiger partial charge >= 0.3 is 6.55 Å². The lowest BCUT2D eigenvalue weighted by Crippen LogP contribution is -2.20. The van der Waals surface area contributed by atoms with Crippen LogP contribution in [0.3, 0.4) is 0 Å². The number of halogens is 3. The first kappa shape index (κ1) is 16.6. The summed E-state index contributed by atoms with van der Waals surface area (Å²) in [5, 5.41) is 0.600. The van der Waals surface area contributed by atoms with Crippen LogP contribution in [0.2, 0.25) is 5.02 Å². The van der Waals surface area contributed by atoms with Crippen LogP contribution in [-0.2, 0) is 13.1 Å². The maximum Gasteiger partial charge on any atom is 0.319 e. The van der Waals surface area contributed by atoms with Gasteiger partial charge in [0, 0.05) is 29.5 Å². The number of oxazole rings is 1. The summed E-state index contributed by atoms with van der Waals surface area (Å²) in [6.07, 6.45) is 4.18. The Balaban J connectivity index is 1.67. The molecule has 0 aliphatic carbocycles. The van der Waals surface area contributed by atoms with Gasteiger partial charge in [0.1, 0.15) is 12.1 Å². The summed E-state index contributed by atoms with van der Waals surface area (Å²) >= 11 is 5.96. The quantitative estimate of drug-likeness (QED) is 0.666. The third-order valence-electron chi connectivity index (χ3n) is 3.43. The van der Waals surface area contributed by atoms with E-state index in [0.717, 1.165) is 10.1 Å². The minimum atomic E-state index is -2.60. The van der Waals surface area contributed by atoms with Gasteiger partial charge in [0.05, 0.1) is 12.2 Å². The zero-order chi connectivity index (χ0) is 17.1. The molecule has 0 saturated carbocycles. The summed E-state index contributed by atoms with van der Waals surface area (Å²) in [7, 11) is 1.80. The molecule has 0 bridgehead atoms. The molecule has 5 nitrogen and oxygen atoms in total. The first-order valence-electron chi connectivity index (χ1n) is 7.21. The molecular formula is C16H15ClF2N4O. The second-order valence-corrected chi connectivity index (χ2v) is 5.79. The molecule has 0 saturated heterocycles. The minimum absolute atomic E-state index is 0.275. The molecule has 2 heterocycles. The molecule has 0 radical (unpaired) electrons. The number of aromatic nitrogens is 3. The Morgan fingerprint density at radius 3 is 2.92 bits per heavy atom. The monoisotopic (exact) mass is 352 g/mol. The predicted octanol–water partition coefficient (Wildman–Crippen LogP) is 4.22. The summed E-state index contributed by atoms with van der Waals surface area (Å²) in [6, 6.07) is 7.20. The van der Waals surface area contributed by atoms with E-state index in [9.17, 15) is 8.78 Å². The number of nitrogens with zero attached hydrogens (tertiary/aromatic N) is 4. The molecule has 0 fully saturated rings. The van der Waals surface area contributed by atoms with Crippen molar-refractivity contribution in [3.63, 3.8) is 0 Å². The predicted molar refractivity (Wildman–Crippen MR) is 85.6 cm³/mol. The van der Waals surface area contributed by atoms with Crippen molar-refractivity contribution in [1.82, 2.24) is 19.4 Å². The average Bonchev–Trinajstić information content (AvgIpc) is 3.16. The van der Waals surface area contributed by atoms with E-state index in [0.29, 0.717) is 29.0 Å². The van der Waals surface area contributed by atoms with Gasteiger partial charge in [-0.3, -0.25) is 9.47 Å². The van der Waals surface area contributed by atoms with Gasteiger partial charge < -0.3 is 4.42 Å². The zero-order valence-electron chi connectivity index (χ0n) is 12.9. The lowest BCUT2D eigenvalue weighted by Gasteiger charge is -2.15. The molecule has 0 aliphatic heterocycles. The van der Waals surface area contributed by atoms with E-state index in [4.69, 9.17) is 16.0 Å². The molecular weight excluding hydrogens is 338 g/mol. The van der Waals surface area contributed by atoms with E-state index in [1.54, 1.807) is 25.4 Å². The highest BCUT2D eigenvalue weighted by Gasteiger charge is 2.14. The molecule has 3 rings (SSSR count). The van der Waals surface area contributed by atoms with Crippen molar-refractivity contribution < 1.29 is 13.2 Å². The van der Waals surface area contributed by atoms with Crippen LogP contribution in [0, 0.1) is 0 Å². The van der Waals surface area contributed by atoms with Crippen LogP contribution in [0.4, 0.5) is 8.78 Å². The molecule has 0 unspecified atom stereocenters. The summed E-state index contributed by atoms with van der Waals surface area (Å²) < 4.78 is 32.0. The third-order valence-corrected chi connectivity index (χ3v) is 3.66. The smallest absolute Gasteiger partial charge is 0.319 e. The van der Waals surface area contributed by atoms with Gasteiger partial charge in [0.15, 0.2) is 0 Å². The Morgan fingerprint density at radius 2 is 2.17 bits per heavy atom. The number of benzene rings is 1. The molecule has 0 amide bonds. The summed E-state index contributed by atoms with van der Waals surface area (Å²) in [5.74, 6) is 0.765. The molecule has 0 spiro atoms. The summed E-state index contributed by atoms with van der Waals surface area (Å²) in [5.41, 5.74) is 1.48. The van der Waals surface area contributed by atoms with Crippen molar-refractivity contribution in [3.05, 3.63) is 59.5 Å². The second-order valence-electron chi connectivity index (χ2n) is 5.36. The van der Waals surface area contributed by atoms with Crippen molar-refractivity contribution >= 4 is 11.6 Å². The van der Waals surface area contributed by atoms with E-state index in [2.05, 4.69) is 9.97 Å². The lowest BCUT2D eigenvalue weighted by atomic mass is 10.2. The van der Waals surface area contributed by atoms with Crippen LogP contribution in [0.15, 0.2) is 47.3 Å². The number of rotatable bonds is 6. The fourth-order valence-electron chi connectivity index (χ4n) is 2.35. The fourth-order valence-corrected chi connectivity index (χ4v) is 2.54. The van der Waals surface area contributed by atoms with Gasteiger partial charge in [-0.25, -0.2) is 9.97 Å². The summed E-state index contributed by atoms with van der Waals surface area (Å²) in [4.78, 5) is 10.2. The van der Waals surface area contributed by atoms with Crippen LogP contribution in [-0.4, -0.2) is 26.5 Å². The van der Waals surface area contributed by atoms with Crippen LogP contribution in [0.25, 0.3) is 11.5 Å². The molecule has 8 heteroatoms. The van der Waals surface area contributed by atoms with Crippen LogP contribution in [0.1, 0.15) is 18.1 Å². The maximum atomic E-state index is 12.8. The average molecular weight is 353 g/mol. The molecule has 0 aliphatic rings. The van der Waals surface area contributed by atoms with Gasteiger partial charge in [-0.15, -0.1) is 0 Å². The third kappa shape index (κ3) is 3.80. The molecule has 2 aromatic heterocycles. The van der Waals surface area contributed by atoms with Crippen molar-refractivity contribution in [2.75, 3.05) is 7.05 Å². The molecule has 0 atom stereocenters. The Bertz CT molecular complexity index is 818. The molecule has 3 aromatic rings. The van der Waals surface area contributed by atoms with Gasteiger partial charge in [0.25, 0.3) is 0 Å². The largest absolute Gasteiger partial charge is 0.444 e. The van der Waals surface area contributed by atoms with Gasteiger partial charge in [-0.05, 0) is 25.2 Å². The highest BCUT2D eigenvalue weighted by atomic mass is 35.5. The second kappa shape index (κ2) is 7.11. The Kier molecular flexibility index (Phi) is 4.92. The van der Waals surface area contributed by atoms with E-state index in [1.165, 1.54) is 12.4 Å². The number of imidazole rings is 1. The maximum absolute atomic E-state index is 12.8. The van der Waals surface area contributed by atoms with Gasteiger partial charge in [-0.1, -0.05) is 17.7 Å². The Morgan fingerprint density at radius 1 is 1.33 bits per heavy atom. The van der Waals surface area contributed by atoms with Crippen LogP contribution in [0.5, 0.6) is 0 Å². The minimum Gasteiger partial charge on any atom is -0.444 e. The first-order valence-corrected chi connectivity index (χ1v) is 7.59. The van der Waals surface area contributed by atoms with E-state index in [-0.39, 0.29) is 6.54 Å². The summed E-state index contributed by atoms with van der Waals surface area (Å²) in [6.45, 7) is -1.88. The first-order chi connectivity index (χ1) is 11.5. The SMILES string of the molecule is CN(Cc1coc(-c2cccc(Cl)c2)n1)Cc1nccn1C(F)F. The Labute approximate surface area is 142 Å². The lowest BCUT2D eigenvalue weighted by molar-refractivity contribution is 0.0644. The highest BCUT2D eigenvalue weighted by Crippen LogP contribution is 2.22. The van der Waals surface area contributed by atoms with Crippen molar-refractivity contribution in [3.8, 4) is 11.5 Å². The van der Waals surface area contributed by atoms with Crippen molar-refractivity contribution in [2.45, 2.75) is 19.6 Å². The topological polar surface area (TPSA) is 47.1 Å². The number of alkyl halides is 2. The van der Waals surface area contributed by atoms with Crippen LogP contribution >= 0.6 is 11.6 Å². The Hall–Kier alpha value is -2.25. The standard InChI is InChI=1S/C16H15ClF2N4O/c1-22(9-14-20-5-6-23(14)16(18)19)8-13-10-24-15(21-13)11-3-2-4-12(17)7-11/h2-7,10,16H,8-9H2,1H3. The zero-order valence-corrected chi connectivity index (χ0v) is 13.6. The number of hydrogen-bond donors (Lipinski definition) is 0. The molecule has 0 N–H and O–H groups in total. The molecule has 126 valence electrons. The number of hydrogen-bond acceptors (Lipinski definition) is 4. The van der Waals surface area contributed by atoms with Crippen LogP contribution < -0.4 is 0 Å². The van der Waals surface area contributed by atoms with Crippen molar-refractivity contribution in [1.29, 1.82) is 0 Å². The molecule has 1 aromatic carbocycles. The van der Waals surface area contributed by atoms with E-state index >= 15 is 0 Å². The van der Waals surface area contributed by atoms with Crippen molar-refractivity contribution in [2.24, 2.45) is 0 Å². The van der Waals surface area contributed by atoms with E-state index in [1.807, 2.05) is 17.0 Å². The van der Waals surface area contributed by atoms with E-state index < -0.39 is 6.55 Å². The molecule has 24 heavy (non-hydrogen) atoms. The normalized spacial score (nSPS) is 11.6. The van der Waals surface area contributed by atoms with Gasteiger partial charge in [0.2, 0.25) is 5.89 Å². The highest BCUT2D eigenvalue weighted by molar-refractivity contribution is 6.30. The van der Waals surface area contributed by atoms with Gasteiger partial charge in [-0.2, -0.15) is 8.78 Å². The fraction of sp³-hybridized carbons (Fsp3) is 0.250.